The van der Waals surface area contributed by atoms with E-state index in [2.05, 4.69) is 32.2 Å². The van der Waals surface area contributed by atoms with Gasteiger partial charge < -0.3 is 11.1 Å². The number of anilines is 2. The zero-order chi connectivity index (χ0) is 11.3. The molecule has 0 radical (unpaired) electrons. The molecule has 0 aromatic heterocycles. The molecule has 1 rings (SSSR count). The van der Waals surface area contributed by atoms with Crippen LogP contribution in [0.5, 0.6) is 0 Å². The normalized spacial score (nSPS) is 12.5. The van der Waals surface area contributed by atoms with Gasteiger partial charge in [0.1, 0.15) is 0 Å². The molecule has 0 aliphatic rings. The van der Waals surface area contributed by atoms with Crippen LogP contribution in [0.15, 0.2) is 18.2 Å². The second-order valence-electron chi connectivity index (χ2n) is 3.84. The summed E-state index contributed by atoms with van der Waals surface area (Å²) in [7, 11) is 0. The van der Waals surface area contributed by atoms with E-state index in [9.17, 15) is 0 Å². The van der Waals surface area contributed by atoms with Crippen LogP contribution in [0.3, 0.4) is 0 Å². The highest BCUT2D eigenvalue weighted by Gasteiger charge is 2.02. The molecule has 84 valence electrons. The van der Waals surface area contributed by atoms with Crippen LogP contribution in [0.4, 0.5) is 11.4 Å². The van der Waals surface area contributed by atoms with Crippen molar-refractivity contribution < 1.29 is 0 Å². The van der Waals surface area contributed by atoms with Crippen LogP contribution in [-0.2, 0) is 0 Å². The van der Waals surface area contributed by atoms with Gasteiger partial charge in [-0.1, -0.05) is 6.92 Å². The first kappa shape index (κ1) is 12.2. The summed E-state index contributed by atoms with van der Waals surface area (Å²) in [5.74, 6) is 2.30. The molecule has 0 fully saturated rings. The van der Waals surface area contributed by atoms with Crippen LogP contribution < -0.4 is 11.1 Å². The molecule has 0 saturated heterocycles. The summed E-state index contributed by atoms with van der Waals surface area (Å²) < 4.78 is 0. The van der Waals surface area contributed by atoms with Crippen molar-refractivity contribution in [3.63, 3.8) is 0 Å². The minimum absolute atomic E-state index is 0.483. The Morgan fingerprint density at radius 1 is 1.40 bits per heavy atom. The number of nitrogens with two attached hydrogens (primary N) is 1. The van der Waals surface area contributed by atoms with E-state index in [1.807, 2.05) is 23.9 Å². The summed E-state index contributed by atoms with van der Waals surface area (Å²) in [6, 6.07) is 6.58. The number of rotatable bonds is 5. The molecule has 3 N–H and O–H groups in total. The van der Waals surface area contributed by atoms with Crippen molar-refractivity contribution >= 4 is 23.1 Å². The zero-order valence-corrected chi connectivity index (χ0v) is 10.5. The van der Waals surface area contributed by atoms with Gasteiger partial charge in [-0.2, -0.15) is 11.8 Å². The Morgan fingerprint density at radius 2 is 2.13 bits per heavy atom. The number of hydrogen-bond donors (Lipinski definition) is 2. The van der Waals surface area contributed by atoms with Crippen molar-refractivity contribution in [1.82, 2.24) is 0 Å². The molecule has 3 heteroatoms. The molecule has 0 aliphatic heterocycles. The first-order valence-electron chi connectivity index (χ1n) is 5.33. The smallest absolute Gasteiger partial charge is 0.0365 e. The van der Waals surface area contributed by atoms with Gasteiger partial charge in [0.2, 0.25) is 0 Å². The maximum Gasteiger partial charge on any atom is 0.0365 e. The Balaban J connectivity index is 2.56. The van der Waals surface area contributed by atoms with E-state index in [-0.39, 0.29) is 0 Å². The lowest BCUT2D eigenvalue weighted by Gasteiger charge is -2.15. The van der Waals surface area contributed by atoms with Crippen LogP contribution in [0, 0.1) is 6.92 Å². The van der Waals surface area contributed by atoms with E-state index < -0.39 is 0 Å². The van der Waals surface area contributed by atoms with Gasteiger partial charge in [-0.15, -0.1) is 0 Å². The summed E-state index contributed by atoms with van der Waals surface area (Å²) in [5, 5.41) is 3.46. The van der Waals surface area contributed by atoms with Gasteiger partial charge in [0, 0.05) is 23.2 Å². The molecular formula is C12H20N2S. The Hall–Kier alpha value is -0.830. The number of nitrogen functional groups attached to an aromatic ring is 1. The molecule has 2 nitrogen and oxygen atoms in total. The van der Waals surface area contributed by atoms with Crippen molar-refractivity contribution in [3.05, 3.63) is 23.8 Å². The summed E-state index contributed by atoms with van der Waals surface area (Å²) in [5.41, 5.74) is 8.94. The third-order valence-corrected chi connectivity index (χ3v) is 3.23. The van der Waals surface area contributed by atoms with E-state index in [1.165, 1.54) is 11.3 Å². The highest BCUT2D eigenvalue weighted by Crippen LogP contribution is 2.17. The fourth-order valence-corrected chi connectivity index (χ4v) is 2.19. The summed E-state index contributed by atoms with van der Waals surface area (Å²) in [6.45, 7) is 6.44. The lowest BCUT2D eigenvalue weighted by Crippen LogP contribution is -2.18. The van der Waals surface area contributed by atoms with Gasteiger partial charge in [-0.25, -0.2) is 0 Å². The molecule has 0 aliphatic carbocycles. The summed E-state index contributed by atoms with van der Waals surface area (Å²) in [4.78, 5) is 0. The third kappa shape index (κ3) is 4.47. The summed E-state index contributed by atoms with van der Waals surface area (Å²) in [6.07, 6.45) is 0. The van der Waals surface area contributed by atoms with Crippen molar-refractivity contribution in [2.75, 3.05) is 22.6 Å². The highest BCUT2D eigenvalue weighted by atomic mass is 32.2. The molecule has 0 heterocycles. The van der Waals surface area contributed by atoms with Crippen LogP contribution >= 0.6 is 11.8 Å². The van der Waals surface area contributed by atoms with Crippen LogP contribution in [0.1, 0.15) is 19.4 Å². The van der Waals surface area contributed by atoms with Crippen molar-refractivity contribution in [3.8, 4) is 0 Å². The van der Waals surface area contributed by atoms with E-state index >= 15 is 0 Å². The van der Waals surface area contributed by atoms with Crippen molar-refractivity contribution in [2.24, 2.45) is 0 Å². The molecule has 0 bridgehead atoms. The molecule has 0 spiro atoms. The summed E-state index contributed by atoms with van der Waals surface area (Å²) >= 11 is 1.95. The second kappa shape index (κ2) is 5.91. The molecule has 1 unspecified atom stereocenters. The highest BCUT2D eigenvalue weighted by molar-refractivity contribution is 7.99. The van der Waals surface area contributed by atoms with Crippen LogP contribution in [0.2, 0.25) is 0 Å². The van der Waals surface area contributed by atoms with Gasteiger partial charge in [0.15, 0.2) is 0 Å². The third-order valence-electron chi connectivity index (χ3n) is 2.08. The average molecular weight is 224 g/mol. The minimum Gasteiger partial charge on any atom is -0.399 e. The van der Waals surface area contributed by atoms with Gasteiger partial charge >= 0.3 is 0 Å². The maximum absolute atomic E-state index is 5.79. The number of benzene rings is 1. The Kier molecular flexibility index (Phi) is 4.82. The Bertz CT molecular complexity index is 292. The van der Waals surface area contributed by atoms with Crippen molar-refractivity contribution in [2.45, 2.75) is 26.8 Å². The fourth-order valence-electron chi connectivity index (χ4n) is 1.52. The van der Waals surface area contributed by atoms with Gasteiger partial charge in [0.05, 0.1) is 0 Å². The topological polar surface area (TPSA) is 38.0 Å². The molecular weight excluding hydrogens is 204 g/mol. The second-order valence-corrected chi connectivity index (χ2v) is 5.16. The Morgan fingerprint density at radius 3 is 2.73 bits per heavy atom. The minimum atomic E-state index is 0.483. The molecule has 0 saturated carbocycles. The van der Waals surface area contributed by atoms with E-state index in [4.69, 9.17) is 5.73 Å². The lowest BCUT2D eigenvalue weighted by atomic mass is 10.2. The van der Waals surface area contributed by atoms with Crippen LogP contribution in [-0.4, -0.2) is 17.5 Å². The largest absolute Gasteiger partial charge is 0.399 e. The molecule has 0 amide bonds. The quantitative estimate of drug-likeness (QED) is 0.755. The van der Waals surface area contributed by atoms with Gasteiger partial charge in [0.25, 0.3) is 0 Å². The monoisotopic (exact) mass is 224 g/mol. The van der Waals surface area contributed by atoms with Crippen molar-refractivity contribution in [1.29, 1.82) is 0 Å². The lowest BCUT2D eigenvalue weighted by molar-refractivity contribution is 0.913. The van der Waals surface area contributed by atoms with E-state index in [1.54, 1.807) is 0 Å². The fraction of sp³-hybridized carbons (Fsp3) is 0.500. The Labute approximate surface area is 96.6 Å². The zero-order valence-electron chi connectivity index (χ0n) is 9.71. The molecule has 1 aromatic carbocycles. The van der Waals surface area contributed by atoms with E-state index in [0.29, 0.717) is 6.04 Å². The number of nitrogens with one attached hydrogen (secondary N) is 1. The number of hydrogen-bond acceptors (Lipinski definition) is 3. The average Bonchev–Trinajstić information content (AvgIpc) is 2.13. The first-order valence-corrected chi connectivity index (χ1v) is 6.48. The standard InChI is InChI=1S/C12H20N2S/c1-4-15-8-10(3)14-12-6-9(2)5-11(13)7-12/h5-7,10,14H,4,8,13H2,1-3H3. The van der Waals surface area contributed by atoms with Crippen LogP contribution in [0.25, 0.3) is 0 Å². The van der Waals surface area contributed by atoms with Gasteiger partial charge in [-0.3, -0.25) is 0 Å². The number of aryl methyl sites for hydroxylation is 1. The number of thioether (sulfide) groups is 1. The first-order chi connectivity index (χ1) is 7.11. The van der Waals surface area contributed by atoms with Gasteiger partial charge in [-0.05, 0) is 43.4 Å². The molecule has 1 atom stereocenters. The molecule has 1 aromatic rings. The molecule has 15 heavy (non-hydrogen) atoms. The SMILES string of the molecule is CCSCC(C)Nc1cc(C)cc(N)c1. The predicted octanol–water partition coefficient (Wildman–Crippen LogP) is 3.13. The predicted molar refractivity (Wildman–Crippen MR) is 71.7 cm³/mol. The maximum atomic E-state index is 5.79. The van der Waals surface area contributed by atoms with E-state index in [0.717, 1.165) is 17.1 Å².